The lowest BCUT2D eigenvalue weighted by atomic mass is 9.65. The number of anilines is 1. The summed E-state index contributed by atoms with van der Waals surface area (Å²) in [4.78, 5) is 17.5. The van der Waals surface area contributed by atoms with E-state index in [1.54, 1.807) is 19.6 Å². The summed E-state index contributed by atoms with van der Waals surface area (Å²) in [5.74, 6) is 1.68. The fourth-order valence-electron chi connectivity index (χ4n) is 7.83. The Bertz CT molecular complexity index is 911. The van der Waals surface area contributed by atoms with E-state index in [-0.39, 0.29) is 17.5 Å². The second-order valence-corrected chi connectivity index (χ2v) is 9.30. The van der Waals surface area contributed by atoms with Gasteiger partial charge in [-0.15, -0.1) is 0 Å². The largest absolute Gasteiger partial charge is 0.497 e. The Hall–Kier alpha value is -2.01. The van der Waals surface area contributed by atoms with Gasteiger partial charge in [0.1, 0.15) is 11.9 Å². The number of allylic oxidation sites excluding steroid dienone is 1. The molecule has 4 saturated heterocycles. The standard InChI is InChI=1S/C23H28N2O3/c1-5-13-11-25-18-9-15(13)20-19(25)10-23(22(20)28-12(2)26)16-8-14(27-4)6-7-17(16)24(3)21(18)23/h5-8,15,18-22H,9-11H2,1-4H3/b13-5-/t15-,18-,19-,20-,21-,22+,23+/m0/s1. The van der Waals surface area contributed by atoms with E-state index in [2.05, 4.69) is 48.0 Å². The quantitative estimate of drug-likeness (QED) is 0.583. The Morgan fingerprint density at radius 3 is 2.86 bits per heavy atom. The van der Waals surface area contributed by atoms with Crippen LogP contribution in [0.1, 0.15) is 32.3 Å². The lowest BCUT2D eigenvalue weighted by molar-refractivity contribution is -0.152. The van der Waals surface area contributed by atoms with Crippen LogP contribution in [0, 0.1) is 11.8 Å². The number of likely N-dealkylation sites (N-methyl/N-ethyl adjacent to an activating group) is 1. The van der Waals surface area contributed by atoms with Crippen LogP contribution in [-0.4, -0.2) is 55.8 Å². The molecule has 1 saturated carbocycles. The Morgan fingerprint density at radius 1 is 1.32 bits per heavy atom. The van der Waals surface area contributed by atoms with Crippen molar-refractivity contribution in [2.24, 2.45) is 11.8 Å². The maximum atomic E-state index is 12.2. The predicted molar refractivity (Wildman–Crippen MR) is 107 cm³/mol. The van der Waals surface area contributed by atoms with Crippen LogP contribution < -0.4 is 9.64 Å². The first-order valence-corrected chi connectivity index (χ1v) is 10.5. The number of nitrogens with zero attached hydrogens (tertiary/aromatic N) is 2. The van der Waals surface area contributed by atoms with Gasteiger partial charge in [-0.05, 0) is 49.4 Å². The summed E-state index contributed by atoms with van der Waals surface area (Å²) in [7, 11) is 3.96. The maximum Gasteiger partial charge on any atom is 0.302 e. The first kappa shape index (κ1) is 16.9. The monoisotopic (exact) mass is 380 g/mol. The number of piperidine rings is 4. The molecule has 148 valence electrons. The first-order chi connectivity index (χ1) is 13.5. The molecule has 1 spiro atoms. The van der Waals surface area contributed by atoms with E-state index < -0.39 is 0 Å². The summed E-state index contributed by atoms with van der Waals surface area (Å²) in [5, 5.41) is 0. The molecule has 1 aromatic carbocycles. The van der Waals surface area contributed by atoms with Crippen molar-refractivity contribution in [3.63, 3.8) is 0 Å². The molecule has 0 radical (unpaired) electrons. The zero-order chi connectivity index (χ0) is 19.4. The normalized spacial score (nSPS) is 45.4. The Morgan fingerprint density at radius 2 is 2.14 bits per heavy atom. The van der Waals surface area contributed by atoms with Crippen molar-refractivity contribution in [3.05, 3.63) is 35.4 Å². The summed E-state index contributed by atoms with van der Waals surface area (Å²) in [6, 6.07) is 7.84. The predicted octanol–water partition coefficient (Wildman–Crippen LogP) is 2.74. The highest BCUT2D eigenvalue weighted by Gasteiger charge is 2.75. The van der Waals surface area contributed by atoms with Gasteiger partial charge in [-0.3, -0.25) is 9.69 Å². The second kappa shape index (κ2) is 5.32. The summed E-state index contributed by atoms with van der Waals surface area (Å²) in [5.41, 5.74) is 4.02. The molecule has 5 fully saturated rings. The van der Waals surface area contributed by atoms with Crippen LogP contribution in [0.15, 0.2) is 29.8 Å². The average molecular weight is 380 g/mol. The van der Waals surface area contributed by atoms with Crippen molar-refractivity contribution < 1.29 is 14.3 Å². The van der Waals surface area contributed by atoms with Crippen molar-refractivity contribution >= 4 is 11.7 Å². The molecule has 5 bridgehead atoms. The molecule has 0 N–H and O–H groups in total. The third-order valence-corrected chi connectivity index (χ3v) is 8.56. The van der Waals surface area contributed by atoms with Crippen molar-refractivity contribution in [2.45, 2.75) is 56.3 Å². The van der Waals surface area contributed by atoms with E-state index in [9.17, 15) is 4.79 Å². The summed E-state index contributed by atoms with van der Waals surface area (Å²) < 4.78 is 11.8. The Labute approximate surface area is 166 Å². The van der Waals surface area contributed by atoms with E-state index >= 15 is 0 Å². The molecule has 1 aliphatic carbocycles. The average Bonchev–Trinajstić information content (AvgIpc) is 3.10. The SMILES string of the molecule is C/C=C1/CN2[C@H]3C[C@@]45c6cc(OC)ccc6N(C)[C@H]4[C@@H]2C[C@@H]1[C@@H]3[C@H]5OC(C)=O. The van der Waals surface area contributed by atoms with E-state index in [0.29, 0.717) is 30.0 Å². The number of hydrogen-bond donors (Lipinski definition) is 0. The van der Waals surface area contributed by atoms with Gasteiger partial charge in [-0.2, -0.15) is 0 Å². The number of ether oxygens (including phenoxy) is 2. The van der Waals surface area contributed by atoms with Crippen molar-refractivity contribution in [2.75, 3.05) is 25.6 Å². The van der Waals surface area contributed by atoms with Crippen LogP contribution in [0.2, 0.25) is 0 Å². The van der Waals surface area contributed by atoms with Gasteiger partial charge in [0.2, 0.25) is 0 Å². The third-order valence-electron chi connectivity index (χ3n) is 8.56. The number of rotatable bonds is 2. The lowest BCUT2D eigenvalue weighted by Crippen LogP contribution is -2.68. The van der Waals surface area contributed by atoms with Crippen LogP contribution in [0.3, 0.4) is 0 Å². The Balaban J connectivity index is 1.60. The topological polar surface area (TPSA) is 42.0 Å². The number of carbonyl (C=O) groups is 1. The lowest BCUT2D eigenvalue weighted by Gasteiger charge is -2.58. The molecule has 5 aliphatic heterocycles. The van der Waals surface area contributed by atoms with E-state index in [1.165, 1.54) is 17.7 Å². The minimum Gasteiger partial charge on any atom is -0.497 e. The summed E-state index contributed by atoms with van der Waals surface area (Å²) >= 11 is 0. The molecule has 7 rings (SSSR count). The van der Waals surface area contributed by atoms with Gasteiger partial charge in [-0.25, -0.2) is 0 Å². The summed E-state index contributed by atoms with van der Waals surface area (Å²) in [6.45, 7) is 4.82. The molecule has 5 nitrogen and oxygen atoms in total. The molecule has 6 aliphatic rings. The van der Waals surface area contributed by atoms with Crippen LogP contribution >= 0.6 is 0 Å². The van der Waals surface area contributed by atoms with Crippen LogP contribution in [0.25, 0.3) is 0 Å². The van der Waals surface area contributed by atoms with Gasteiger partial charge >= 0.3 is 5.97 Å². The van der Waals surface area contributed by atoms with Crippen molar-refractivity contribution in [1.82, 2.24) is 4.90 Å². The van der Waals surface area contributed by atoms with Gasteiger partial charge in [0.25, 0.3) is 0 Å². The fraction of sp³-hybridized carbons (Fsp3) is 0.609. The van der Waals surface area contributed by atoms with Crippen LogP contribution in [0.4, 0.5) is 5.69 Å². The maximum absolute atomic E-state index is 12.2. The van der Waals surface area contributed by atoms with E-state index in [0.717, 1.165) is 18.7 Å². The van der Waals surface area contributed by atoms with Gasteiger partial charge in [0, 0.05) is 44.2 Å². The fourth-order valence-corrected chi connectivity index (χ4v) is 7.83. The molecular weight excluding hydrogens is 352 g/mol. The zero-order valence-electron chi connectivity index (χ0n) is 17.0. The zero-order valence-corrected chi connectivity index (χ0v) is 17.0. The molecule has 0 aromatic heterocycles. The summed E-state index contributed by atoms with van der Waals surface area (Å²) in [6.07, 6.45) is 4.50. The van der Waals surface area contributed by atoms with Gasteiger partial charge in [-0.1, -0.05) is 11.6 Å². The highest BCUT2D eigenvalue weighted by molar-refractivity contribution is 5.71. The van der Waals surface area contributed by atoms with Crippen molar-refractivity contribution in [3.8, 4) is 5.75 Å². The van der Waals surface area contributed by atoms with Crippen LogP contribution in [0.5, 0.6) is 5.75 Å². The first-order valence-electron chi connectivity index (χ1n) is 10.5. The highest BCUT2D eigenvalue weighted by atomic mass is 16.5. The Kier molecular flexibility index (Phi) is 3.21. The molecule has 0 amide bonds. The minimum atomic E-state index is -0.152. The van der Waals surface area contributed by atoms with Crippen molar-refractivity contribution in [1.29, 1.82) is 0 Å². The van der Waals surface area contributed by atoms with Crippen LogP contribution in [-0.2, 0) is 14.9 Å². The number of benzene rings is 1. The third kappa shape index (κ3) is 1.71. The van der Waals surface area contributed by atoms with Gasteiger partial charge in [0.15, 0.2) is 0 Å². The molecular formula is C23H28N2O3. The highest BCUT2D eigenvalue weighted by Crippen LogP contribution is 2.68. The van der Waals surface area contributed by atoms with E-state index in [1.807, 2.05) is 0 Å². The second-order valence-electron chi connectivity index (χ2n) is 9.30. The molecule has 8 atom stereocenters. The number of methoxy groups -OCH3 is 1. The van der Waals surface area contributed by atoms with Gasteiger partial charge < -0.3 is 14.4 Å². The number of fused-ring (bicyclic) bond motifs is 2. The number of esters is 1. The number of carbonyl (C=O) groups excluding carboxylic acids is 1. The molecule has 28 heavy (non-hydrogen) atoms. The molecule has 1 unspecified atom stereocenters. The molecule has 1 aromatic rings. The van der Waals surface area contributed by atoms with E-state index in [4.69, 9.17) is 9.47 Å². The smallest absolute Gasteiger partial charge is 0.302 e. The number of hydrogen-bond acceptors (Lipinski definition) is 5. The minimum absolute atomic E-state index is 0.0638. The van der Waals surface area contributed by atoms with Gasteiger partial charge in [0.05, 0.1) is 18.6 Å². The molecule has 5 heteroatoms. The molecule has 5 heterocycles.